The Labute approximate surface area is 259 Å². The van der Waals surface area contributed by atoms with Gasteiger partial charge in [0, 0.05) is 52.3 Å². The lowest BCUT2D eigenvalue weighted by molar-refractivity contribution is -0.121. The van der Waals surface area contributed by atoms with Crippen LogP contribution in [0.2, 0.25) is 0 Å². The fourth-order valence-electron chi connectivity index (χ4n) is 4.95. The van der Waals surface area contributed by atoms with Crippen molar-refractivity contribution < 1.29 is 9.59 Å². The van der Waals surface area contributed by atoms with Gasteiger partial charge in [0.15, 0.2) is 5.96 Å². The molecule has 0 aliphatic rings. The Morgan fingerprint density at radius 3 is 2.43 bits per heavy atom. The van der Waals surface area contributed by atoms with Gasteiger partial charge < -0.3 is 26.7 Å². The first-order valence-corrected chi connectivity index (χ1v) is 15.1. The number of nitrogens with two attached hydrogens (primary N) is 2. The minimum atomic E-state index is -0.716. The molecule has 3 aromatic carbocycles. The maximum Gasteiger partial charge on any atom is 0.251 e. The first kappa shape index (κ1) is 30.3. The van der Waals surface area contributed by atoms with Crippen LogP contribution in [0.4, 0.5) is 0 Å². The molecule has 0 unspecified atom stereocenters. The van der Waals surface area contributed by atoms with Crippen LogP contribution in [0.3, 0.4) is 0 Å². The van der Waals surface area contributed by atoms with Crippen molar-refractivity contribution in [2.75, 3.05) is 13.1 Å². The number of hydrogen-bond acceptors (Lipinski definition) is 6. The molecule has 2 amide bonds. The number of carbonyl (C=O) groups is 2. The Morgan fingerprint density at radius 1 is 0.886 bits per heavy atom. The van der Waals surface area contributed by atoms with Gasteiger partial charge in [0.2, 0.25) is 5.91 Å². The Bertz CT molecular complexity index is 1760. The Hall–Kier alpha value is -5.16. The number of rotatable bonds is 13. The van der Waals surface area contributed by atoms with Gasteiger partial charge in [-0.2, -0.15) is 0 Å². The zero-order valence-corrected chi connectivity index (χ0v) is 24.9. The average molecular weight is 607 g/mol. The summed E-state index contributed by atoms with van der Waals surface area (Å²) in [6, 6.07) is 28.3. The number of aromatic nitrogens is 3. The second-order valence-electron chi connectivity index (χ2n) is 10.2. The normalized spacial score (nSPS) is 11.6. The highest BCUT2D eigenvalue weighted by Crippen LogP contribution is 2.34. The largest absolute Gasteiger partial charge is 0.370 e. The number of imidazole rings is 1. The van der Waals surface area contributed by atoms with Gasteiger partial charge >= 0.3 is 0 Å². The van der Waals surface area contributed by atoms with E-state index < -0.39 is 11.9 Å². The quantitative estimate of drug-likeness (QED) is 0.0747. The maximum absolute atomic E-state index is 13.1. The predicted molar refractivity (Wildman–Crippen MR) is 173 cm³/mol. The summed E-state index contributed by atoms with van der Waals surface area (Å²) < 4.78 is 1.86. The first-order chi connectivity index (χ1) is 21.4. The predicted octanol–water partition coefficient (Wildman–Crippen LogP) is 4.51. The van der Waals surface area contributed by atoms with Crippen molar-refractivity contribution in [2.45, 2.75) is 35.1 Å². The number of amides is 2. The van der Waals surface area contributed by atoms with E-state index in [1.165, 1.54) is 0 Å². The molecule has 5 aromatic rings. The van der Waals surface area contributed by atoms with Crippen molar-refractivity contribution in [1.29, 1.82) is 5.41 Å². The van der Waals surface area contributed by atoms with Gasteiger partial charge in [0.1, 0.15) is 11.9 Å². The van der Waals surface area contributed by atoms with E-state index in [1.54, 1.807) is 30.1 Å². The molecule has 0 spiro atoms. The molecule has 0 radical (unpaired) electrons. The molecule has 1 atom stereocenters. The van der Waals surface area contributed by atoms with Gasteiger partial charge in [0.25, 0.3) is 5.91 Å². The van der Waals surface area contributed by atoms with E-state index in [4.69, 9.17) is 21.9 Å². The lowest BCUT2D eigenvalue weighted by Gasteiger charge is -2.19. The molecule has 5 rings (SSSR count). The number of pyridine rings is 1. The van der Waals surface area contributed by atoms with E-state index in [9.17, 15) is 9.59 Å². The molecule has 0 fully saturated rings. The minimum absolute atomic E-state index is 0.132. The van der Waals surface area contributed by atoms with Gasteiger partial charge in [-0.25, -0.2) is 4.98 Å². The lowest BCUT2D eigenvalue weighted by atomic mass is 10.1. The molecule has 10 nitrogen and oxygen atoms in total. The number of hydrogen-bond donors (Lipinski definition) is 5. The monoisotopic (exact) mass is 606 g/mol. The zero-order valence-electron chi connectivity index (χ0n) is 24.1. The van der Waals surface area contributed by atoms with Crippen LogP contribution in [0.15, 0.2) is 107 Å². The van der Waals surface area contributed by atoms with E-state index in [0.29, 0.717) is 54.8 Å². The lowest BCUT2D eigenvalue weighted by Crippen LogP contribution is -2.32. The fourth-order valence-corrected chi connectivity index (χ4v) is 5.85. The van der Waals surface area contributed by atoms with Crippen molar-refractivity contribution in [2.24, 2.45) is 11.5 Å². The van der Waals surface area contributed by atoms with Gasteiger partial charge in [-0.3, -0.25) is 20.0 Å². The third-order valence-corrected chi connectivity index (χ3v) is 8.02. The van der Waals surface area contributed by atoms with E-state index in [2.05, 4.69) is 15.6 Å². The standard InChI is InChI=1S/C33H34N8O2S/c34-30(42)29(13-7-18-39-33(35)36)41-28-15-14-23(32(43)38-19-16-24-9-4-5-17-37-24)21-27(28)40-31(41)22-8-6-12-26(20-22)44-25-10-2-1-3-11-25/h1-6,8-12,14-15,17,20-21,29H,7,13,16,18-19H2,(H2,34,42)(H,38,43)(H4,35,36,39)/t29-/m0/s1. The molecule has 0 saturated heterocycles. The van der Waals surface area contributed by atoms with Gasteiger partial charge in [0.05, 0.1) is 11.0 Å². The molecular weight excluding hydrogens is 572 g/mol. The summed E-state index contributed by atoms with van der Waals surface area (Å²) in [7, 11) is 0. The Morgan fingerprint density at radius 2 is 1.68 bits per heavy atom. The SMILES string of the molecule is N=C(N)NCCC[C@@H](C(N)=O)n1c(-c2cccc(Sc3ccccc3)c2)nc2cc(C(=O)NCCc3ccccn3)ccc21. The van der Waals surface area contributed by atoms with Crippen molar-refractivity contribution in [1.82, 2.24) is 25.2 Å². The number of guanidine groups is 1. The van der Waals surface area contributed by atoms with Gasteiger partial charge in [-0.1, -0.05) is 48.2 Å². The summed E-state index contributed by atoms with van der Waals surface area (Å²) in [6.07, 6.45) is 3.30. The molecule has 0 aliphatic carbocycles. The molecular formula is C33H34N8O2S. The van der Waals surface area contributed by atoms with Crippen molar-refractivity contribution >= 4 is 40.6 Å². The van der Waals surface area contributed by atoms with Crippen LogP contribution >= 0.6 is 11.8 Å². The highest BCUT2D eigenvalue weighted by molar-refractivity contribution is 7.99. The molecule has 224 valence electrons. The summed E-state index contributed by atoms with van der Waals surface area (Å²) in [6.45, 7) is 0.866. The number of fused-ring (bicyclic) bond motifs is 1. The van der Waals surface area contributed by atoms with Crippen LogP contribution in [0.5, 0.6) is 0 Å². The molecule has 44 heavy (non-hydrogen) atoms. The fraction of sp³-hybridized carbons (Fsp3) is 0.182. The van der Waals surface area contributed by atoms with E-state index in [1.807, 2.05) is 83.4 Å². The van der Waals surface area contributed by atoms with E-state index >= 15 is 0 Å². The van der Waals surface area contributed by atoms with Crippen LogP contribution in [0.1, 0.15) is 34.9 Å². The second kappa shape index (κ2) is 14.3. The molecule has 7 N–H and O–H groups in total. The topological polar surface area (TPSA) is 165 Å². The first-order valence-electron chi connectivity index (χ1n) is 14.3. The third kappa shape index (κ3) is 7.61. The summed E-state index contributed by atoms with van der Waals surface area (Å²) in [4.78, 5) is 37.3. The van der Waals surface area contributed by atoms with Crippen molar-refractivity contribution in [3.63, 3.8) is 0 Å². The molecule has 2 aromatic heterocycles. The van der Waals surface area contributed by atoms with Crippen molar-refractivity contribution in [3.05, 3.63) is 108 Å². The van der Waals surface area contributed by atoms with Crippen LogP contribution in [0.25, 0.3) is 22.4 Å². The molecule has 0 saturated carbocycles. The Kier molecular flexibility index (Phi) is 9.88. The average Bonchev–Trinajstić information content (AvgIpc) is 3.40. The highest BCUT2D eigenvalue weighted by atomic mass is 32.2. The number of nitrogens with zero attached hydrogens (tertiary/aromatic N) is 3. The zero-order chi connectivity index (χ0) is 30.9. The summed E-state index contributed by atoms with van der Waals surface area (Å²) >= 11 is 1.63. The second-order valence-corrected chi connectivity index (χ2v) is 11.3. The maximum atomic E-state index is 13.1. The van der Waals surface area contributed by atoms with Crippen LogP contribution in [-0.2, 0) is 11.2 Å². The van der Waals surface area contributed by atoms with Gasteiger partial charge in [-0.05, 0) is 67.4 Å². The number of benzene rings is 3. The minimum Gasteiger partial charge on any atom is -0.370 e. The molecule has 0 bridgehead atoms. The summed E-state index contributed by atoms with van der Waals surface area (Å²) in [5, 5.41) is 13.2. The number of carbonyl (C=O) groups excluding carboxylic acids is 2. The van der Waals surface area contributed by atoms with Crippen LogP contribution in [0, 0.1) is 5.41 Å². The highest BCUT2D eigenvalue weighted by Gasteiger charge is 2.25. The van der Waals surface area contributed by atoms with Crippen molar-refractivity contribution in [3.8, 4) is 11.4 Å². The Balaban J connectivity index is 1.48. The molecule has 2 heterocycles. The van der Waals surface area contributed by atoms with E-state index in [-0.39, 0.29) is 11.9 Å². The number of primary amides is 1. The third-order valence-electron chi connectivity index (χ3n) is 7.03. The van der Waals surface area contributed by atoms with Crippen LogP contribution < -0.4 is 22.1 Å². The van der Waals surface area contributed by atoms with Gasteiger partial charge in [-0.15, -0.1) is 0 Å². The summed E-state index contributed by atoms with van der Waals surface area (Å²) in [5.41, 5.74) is 14.8. The van der Waals surface area contributed by atoms with Crippen LogP contribution in [-0.4, -0.2) is 45.4 Å². The number of nitrogens with one attached hydrogen (secondary N) is 3. The molecule has 0 aliphatic heterocycles. The van der Waals surface area contributed by atoms with E-state index in [0.717, 1.165) is 21.0 Å². The summed E-state index contributed by atoms with van der Waals surface area (Å²) in [5.74, 6) is -0.277. The smallest absolute Gasteiger partial charge is 0.251 e. The molecule has 11 heteroatoms.